The molecule has 1 aliphatic rings. The second-order valence-electron chi connectivity index (χ2n) is 5.13. The molecule has 22 heavy (non-hydrogen) atoms. The Labute approximate surface area is 135 Å². The Hall–Kier alpha value is -1.82. The summed E-state index contributed by atoms with van der Waals surface area (Å²) in [5.41, 5.74) is -1.59. The van der Waals surface area contributed by atoms with Gasteiger partial charge in [0.05, 0.1) is 17.1 Å². The molecule has 1 atom stereocenters. The summed E-state index contributed by atoms with van der Waals surface area (Å²) in [6.45, 7) is 1.70. The number of nitrogens with one attached hydrogen (secondary N) is 1. The SMILES string of the molecule is Cc1ccc(C(=O)CC2(O)C(=O)Nc3cc(Cl)cc(Cl)c32)o1. The molecule has 1 aliphatic heterocycles. The first-order chi connectivity index (χ1) is 10.3. The number of aryl methyl sites for hydroxylation is 1. The van der Waals surface area contributed by atoms with Gasteiger partial charge in [-0.1, -0.05) is 23.2 Å². The van der Waals surface area contributed by atoms with Gasteiger partial charge in [-0.15, -0.1) is 0 Å². The maximum Gasteiger partial charge on any atom is 0.261 e. The van der Waals surface area contributed by atoms with Crippen LogP contribution < -0.4 is 5.32 Å². The molecule has 0 fully saturated rings. The highest BCUT2D eigenvalue weighted by Crippen LogP contribution is 2.44. The van der Waals surface area contributed by atoms with Crippen molar-refractivity contribution >= 4 is 40.6 Å². The topological polar surface area (TPSA) is 79.5 Å². The fraction of sp³-hybridized carbons (Fsp3) is 0.200. The number of halogens is 2. The van der Waals surface area contributed by atoms with Gasteiger partial charge in [-0.3, -0.25) is 9.59 Å². The number of carbonyl (C=O) groups excluding carboxylic acids is 2. The summed E-state index contributed by atoms with van der Waals surface area (Å²) >= 11 is 12.0. The van der Waals surface area contributed by atoms with E-state index in [0.717, 1.165) is 0 Å². The van der Waals surface area contributed by atoms with Gasteiger partial charge in [0.2, 0.25) is 5.78 Å². The monoisotopic (exact) mass is 339 g/mol. The number of carbonyl (C=O) groups is 2. The molecule has 3 rings (SSSR count). The van der Waals surface area contributed by atoms with Crippen molar-refractivity contribution in [1.82, 2.24) is 0 Å². The standard InChI is InChI=1S/C15H11Cl2NO4/c1-7-2-3-12(22-7)11(19)6-15(21)13-9(17)4-8(16)5-10(13)18-14(15)20/h2-5,21H,6H2,1H3,(H,18,20). The number of rotatable bonds is 3. The molecular formula is C15H11Cl2NO4. The van der Waals surface area contributed by atoms with Gasteiger partial charge in [0.1, 0.15) is 5.76 Å². The zero-order valence-electron chi connectivity index (χ0n) is 11.4. The van der Waals surface area contributed by atoms with Crippen molar-refractivity contribution in [2.75, 3.05) is 5.32 Å². The highest BCUT2D eigenvalue weighted by molar-refractivity contribution is 6.36. The minimum absolute atomic E-state index is 0.0808. The Balaban J connectivity index is 2.00. The van der Waals surface area contributed by atoms with Crippen molar-refractivity contribution in [1.29, 1.82) is 0 Å². The number of benzene rings is 1. The summed E-state index contributed by atoms with van der Waals surface area (Å²) < 4.78 is 5.23. The van der Waals surface area contributed by atoms with Crippen LogP contribution >= 0.6 is 23.2 Å². The van der Waals surface area contributed by atoms with Crippen LogP contribution in [-0.2, 0) is 10.4 Å². The normalized spacial score (nSPS) is 19.9. The van der Waals surface area contributed by atoms with Crippen LogP contribution in [0, 0.1) is 6.92 Å². The summed E-state index contributed by atoms with van der Waals surface area (Å²) in [4.78, 5) is 24.4. The van der Waals surface area contributed by atoms with Crippen molar-refractivity contribution < 1.29 is 19.1 Å². The van der Waals surface area contributed by atoms with Crippen LogP contribution in [0.3, 0.4) is 0 Å². The molecule has 2 aromatic rings. The van der Waals surface area contributed by atoms with Crippen LogP contribution in [-0.4, -0.2) is 16.8 Å². The predicted octanol–water partition coefficient (Wildman–Crippen LogP) is 3.31. The Kier molecular flexibility index (Phi) is 3.51. The number of hydrogen-bond acceptors (Lipinski definition) is 4. The van der Waals surface area contributed by atoms with Crippen LogP contribution in [0.5, 0.6) is 0 Å². The quantitative estimate of drug-likeness (QED) is 0.840. The summed E-state index contributed by atoms with van der Waals surface area (Å²) in [6, 6.07) is 6.01. The number of fused-ring (bicyclic) bond motifs is 1. The van der Waals surface area contributed by atoms with E-state index in [2.05, 4.69) is 5.32 Å². The Bertz CT molecular complexity index is 799. The van der Waals surface area contributed by atoms with E-state index in [1.54, 1.807) is 13.0 Å². The Morgan fingerprint density at radius 1 is 1.36 bits per heavy atom. The number of ketones is 1. The zero-order valence-corrected chi connectivity index (χ0v) is 13.0. The largest absolute Gasteiger partial charge is 0.458 e. The van der Waals surface area contributed by atoms with Gasteiger partial charge in [-0.05, 0) is 31.2 Å². The number of Topliss-reactive ketones (excluding diaryl/α,β-unsaturated/α-hetero) is 1. The van der Waals surface area contributed by atoms with Crippen LogP contribution in [0.1, 0.15) is 28.3 Å². The minimum atomic E-state index is -2.05. The lowest BCUT2D eigenvalue weighted by Gasteiger charge is -2.20. The van der Waals surface area contributed by atoms with Crippen molar-refractivity contribution in [3.8, 4) is 0 Å². The fourth-order valence-corrected chi connectivity index (χ4v) is 3.15. The molecule has 0 saturated heterocycles. The zero-order chi connectivity index (χ0) is 16.1. The van der Waals surface area contributed by atoms with E-state index in [1.165, 1.54) is 18.2 Å². The van der Waals surface area contributed by atoms with Crippen molar-refractivity contribution in [2.45, 2.75) is 18.9 Å². The van der Waals surface area contributed by atoms with Gasteiger partial charge in [-0.2, -0.15) is 0 Å². The van der Waals surface area contributed by atoms with E-state index < -0.39 is 23.7 Å². The average molecular weight is 340 g/mol. The highest BCUT2D eigenvalue weighted by atomic mass is 35.5. The van der Waals surface area contributed by atoms with Crippen molar-refractivity contribution in [3.05, 3.63) is 51.4 Å². The predicted molar refractivity (Wildman–Crippen MR) is 81.4 cm³/mol. The van der Waals surface area contributed by atoms with E-state index in [4.69, 9.17) is 27.6 Å². The average Bonchev–Trinajstić information content (AvgIpc) is 2.93. The number of anilines is 1. The van der Waals surface area contributed by atoms with E-state index in [1.807, 2.05) is 0 Å². The third-order valence-electron chi connectivity index (χ3n) is 3.52. The number of amides is 1. The lowest BCUT2D eigenvalue weighted by atomic mass is 9.89. The molecule has 5 nitrogen and oxygen atoms in total. The molecule has 0 radical (unpaired) electrons. The lowest BCUT2D eigenvalue weighted by Crippen LogP contribution is -2.36. The number of hydrogen-bond donors (Lipinski definition) is 2. The third-order valence-corrected chi connectivity index (χ3v) is 4.04. The Morgan fingerprint density at radius 2 is 2.09 bits per heavy atom. The Morgan fingerprint density at radius 3 is 2.73 bits per heavy atom. The molecule has 1 aromatic heterocycles. The minimum Gasteiger partial charge on any atom is -0.458 e. The molecule has 0 saturated carbocycles. The van der Waals surface area contributed by atoms with Gasteiger partial charge in [0.25, 0.3) is 5.91 Å². The van der Waals surface area contributed by atoms with Gasteiger partial charge < -0.3 is 14.8 Å². The summed E-state index contributed by atoms with van der Waals surface area (Å²) in [5.74, 6) is -0.568. The molecule has 0 spiro atoms. The van der Waals surface area contributed by atoms with E-state index in [9.17, 15) is 14.7 Å². The van der Waals surface area contributed by atoms with Crippen LogP contribution in [0.4, 0.5) is 5.69 Å². The van der Waals surface area contributed by atoms with Gasteiger partial charge >= 0.3 is 0 Å². The molecule has 2 N–H and O–H groups in total. The lowest BCUT2D eigenvalue weighted by molar-refractivity contribution is -0.133. The van der Waals surface area contributed by atoms with Gasteiger partial charge in [0, 0.05) is 10.6 Å². The maximum atomic E-state index is 12.2. The van der Waals surface area contributed by atoms with Gasteiger partial charge in [0.15, 0.2) is 11.4 Å². The molecule has 0 bridgehead atoms. The molecule has 2 heterocycles. The van der Waals surface area contributed by atoms with E-state index in [-0.39, 0.29) is 16.3 Å². The first-order valence-electron chi connectivity index (χ1n) is 6.44. The van der Waals surface area contributed by atoms with Crippen LogP contribution in [0.2, 0.25) is 10.0 Å². The molecule has 1 aromatic carbocycles. The highest BCUT2D eigenvalue weighted by Gasteiger charge is 2.48. The summed E-state index contributed by atoms with van der Waals surface area (Å²) in [6.07, 6.45) is -0.472. The van der Waals surface area contributed by atoms with Crippen LogP contribution in [0.15, 0.2) is 28.7 Å². The molecule has 1 amide bonds. The van der Waals surface area contributed by atoms with E-state index in [0.29, 0.717) is 16.5 Å². The van der Waals surface area contributed by atoms with Crippen LogP contribution in [0.25, 0.3) is 0 Å². The summed E-state index contributed by atoms with van der Waals surface area (Å²) in [7, 11) is 0. The first-order valence-corrected chi connectivity index (χ1v) is 7.20. The second-order valence-corrected chi connectivity index (χ2v) is 5.98. The first kappa shape index (κ1) is 15.1. The van der Waals surface area contributed by atoms with Crippen molar-refractivity contribution in [3.63, 3.8) is 0 Å². The molecule has 1 unspecified atom stereocenters. The molecule has 114 valence electrons. The summed E-state index contributed by atoms with van der Waals surface area (Å²) in [5, 5.41) is 13.6. The third kappa shape index (κ3) is 2.31. The molecule has 0 aliphatic carbocycles. The number of aliphatic hydroxyl groups is 1. The number of furan rings is 1. The van der Waals surface area contributed by atoms with E-state index >= 15 is 0 Å². The van der Waals surface area contributed by atoms with Crippen molar-refractivity contribution in [2.24, 2.45) is 0 Å². The second kappa shape index (κ2) is 5.12. The fourth-order valence-electron chi connectivity index (χ4n) is 2.50. The molecular weight excluding hydrogens is 329 g/mol. The van der Waals surface area contributed by atoms with Gasteiger partial charge in [-0.25, -0.2) is 0 Å². The molecule has 7 heteroatoms. The maximum absolute atomic E-state index is 12.2. The smallest absolute Gasteiger partial charge is 0.261 e.